The Labute approximate surface area is 116 Å². The van der Waals surface area contributed by atoms with E-state index in [4.69, 9.17) is 4.74 Å². The summed E-state index contributed by atoms with van der Waals surface area (Å²) >= 11 is 3.36. The van der Waals surface area contributed by atoms with Gasteiger partial charge in [0.05, 0.1) is 0 Å². The van der Waals surface area contributed by atoms with E-state index in [1.807, 2.05) is 31.3 Å². The highest BCUT2D eigenvalue weighted by Gasteiger charge is 2.32. The Morgan fingerprint density at radius 2 is 2.06 bits per heavy atom. The van der Waals surface area contributed by atoms with Gasteiger partial charge in [0.2, 0.25) is 0 Å². The number of amides is 1. The van der Waals surface area contributed by atoms with E-state index in [0.717, 1.165) is 10.2 Å². The van der Waals surface area contributed by atoms with Gasteiger partial charge in [0.1, 0.15) is 5.75 Å². The van der Waals surface area contributed by atoms with Crippen molar-refractivity contribution in [2.75, 3.05) is 13.7 Å². The minimum absolute atomic E-state index is 0.0392. The van der Waals surface area contributed by atoms with Crippen LogP contribution < -0.4 is 4.74 Å². The van der Waals surface area contributed by atoms with E-state index in [1.54, 1.807) is 4.90 Å². The molecule has 0 spiro atoms. The molecule has 0 aliphatic heterocycles. The van der Waals surface area contributed by atoms with Crippen LogP contribution in [-0.4, -0.2) is 30.5 Å². The maximum absolute atomic E-state index is 11.9. The first-order chi connectivity index (χ1) is 8.58. The number of halogens is 1. The predicted molar refractivity (Wildman–Crippen MR) is 74.6 cm³/mol. The Balaban J connectivity index is 1.81. The number of benzene rings is 1. The highest BCUT2D eigenvalue weighted by molar-refractivity contribution is 9.10. The number of likely N-dealkylation sites (N-methyl/N-ethyl adjacent to an activating group) is 1. The van der Waals surface area contributed by atoms with Crippen LogP contribution in [0.2, 0.25) is 0 Å². The van der Waals surface area contributed by atoms with Crippen LogP contribution in [0.25, 0.3) is 0 Å². The molecule has 3 nitrogen and oxygen atoms in total. The predicted octanol–water partition coefficient (Wildman–Crippen LogP) is 3.08. The second-order valence-corrected chi connectivity index (χ2v) is 5.74. The Morgan fingerprint density at radius 1 is 1.44 bits per heavy atom. The first-order valence-corrected chi connectivity index (χ1v) is 7.01. The SMILES string of the molecule is CC(C1CC1)N(C)C(=O)COc1ccc(Br)cc1. The molecule has 1 fully saturated rings. The van der Waals surface area contributed by atoms with Gasteiger partial charge in [0, 0.05) is 17.6 Å². The molecule has 1 saturated carbocycles. The summed E-state index contributed by atoms with van der Waals surface area (Å²) in [6.07, 6.45) is 2.48. The average molecular weight is 312 g/mol. The van der Waals surface area contributed by atoms with E-state index in [-0.39, 0.29) is 12.5 Å². The molecular formula is C14H18BrNO2. The zero-order chi connectivity index (χ0) is 13.1. The van der Waals surface area contributed by atoms with Gasteiger partial charge < -0.3 is 9.64 Å². The Bertz CT molecular complexity index is 414. The van der Waals surface area contributed by atoms with Crippen LogP contribution in [0.5, 0.6) is 5.75 Å². The van der Waals surface area contributed by atoms with Gasteiger partial charge in [-0.25, -0.2) is 0 Å². The average Bonchev–Trinajstić information content (AvgIpc) is 3.20. The molecule has 0 N–H and O–H groups in total. The summed E-state index contributed by atoms with van der Waals surface area (Å²) in [6.45, 7) is 2.21. The molecule has 1 aliphatic carbocycles. The third-order valence-corrected chi connectivity index (χ3v) is 4.01. The zero-order valence-electron chi connectivity index (χ0n) is 10.7. The third kappa shape index (κ3) is 3.48. The van der Waals surface area contributed by atoms with Crippen LogP contribution in [-0.2, 0) is 4.79 Å². The van der Waals surface area contributed by atoms with Crippen molar-refractivity contribution in [3.05, 3.63) is 28.7 Å². The molecule has 1 aromatic rings. The summed E-state index contributed by atoms with van der Waals surface area (Å²) in [5, 5.41) is 0. The minimum atomic E-state index is 0.0392. The van der Waals surface area contributed by atoms with Gasteiger partial charge in [-0.1, -0.05) is 15.9 Å². The number of carbonyl (C=O) groups excluding carboxylic acids is 1. The van der Waals surface area contributed by atoms with Gasteiger partial charge >= 0.3 is 0 Å². The number of rotatable bonds is 5. The number of carbonyl (C=O) groups is 1. The molecule has 1 amide bonds. The van der Waals surface area contributed by atoms with Crippen LogP contribution in [0, 0.1) is 5.92 Å². The number of ether oxygens (including phenoxy) is 1. The quantitative estimate of drug-likeness (QED) is 0.836. The van der Waals surface area contributed by atoms with E-state index in [1.165, 1.54) is 12.8 Å². The van der Waals surface area contributed by atoms with E-state index in [2.05, 4.69) is 22.9 Å². The minimum Gasteiger partial charge on any atom is -0.484 e. The normalized spacial score (nSPS) is 16.2. The summed E-state index contributed by atoms with van der Waals surface area (Å²) < 4.78 is 6.48. The fourth-order valence-electron chi connectivity index (χ4n) is 1.90. The molecule has 98 valence electrons. The third-order valence-electron chi connectivity index (χ3n) is 3.48. The molecule has 1 aromatic carbocycles. The second kappa shape index (κ2) is 5.74. The Hall–Kier alpha value is -1.03. The molecule has 2 rings (SSSR count). The van der Waals surface area contributed by atoms with Crippen molar-refractivity contribution in [3.63, 3.8) is 0 Å². The Kier molecular flexibility index (Phi) is 4.27. The highest BCUT2D eigenvalue weighted by Crippen LogP contribution is 2.34. The Morgan fingerprint density at radius 3 is 2.61 bits per heavy atom. The van der Waals surface area contributed by atoms with Gasteiger partial charge in [-0.2, -0.15) is 0 Å². The highest BCUT2D eigenvalue weighted by atomic mass is 79.9. The van der Waals surface area contributed by atoms with Crippen molar-refractivity contribution < 1.29 is 9.53 Å². The monoisotopic (exact) mass is 311 g/mol. The second-order valence-electron chi connectivity index (χ2n) is 4.83. The first-order valence-electron chi connectivity index (χ1n) is 6.22. The van der Waals surface area contributed by atoms with Crippen LogP contribution in [0.4, 0.5) is 0 Å². The van der Waals surface area contributed by atoms with Gasteiger partial charge in [0.15, 0.2) is 6.61 Å². The van der Waals surface area contributed by atoms with E-state index >= 15 is 0 Å². The van der Waals surface area contributed by atoms with Crippen molar-refractivity contribution in [3.8, 4) is 5.75 Å². The van der Waals surface area contributed by atoms with Gasteiger partial charge in [-0.05, 0) is 49.9 Å². The van der Waals surface area contributed by atoms with Crippen LogP contribution >= 0.6 is 15.9 Å². The maximum Gasteiger partial charge on any atom is 0.260 e. The van der Waals surface area contributed by atoms with Gasteiger partial charge in [-0.15, -0.1) is 0 Å². The van der Waals surface area contributed by atoms with Crippen molar-refractivity contribution in [1.29, 1.82) is 0 Å². The van der Waals surface area contributed by atoms with Crippen LogP contribution in [0.15, 0.2) is 28.7 Å². The van der Waals surface area contributed by atoms with Crippen LogP contribution in [0.3, 0.4) is 0 Å². The molecule has 18 heavy (non-hydrogen) atoms. The summed E-state index contributed by atoms with van der Waals surface area (Å²) in [6, 6.07) is 7.82. The smallest absolute Gasteiger partial charge is 0.260 e. The maximum atomic E-state index is 11.9. The van der Waals surface area contributed by atoms with Crippen molar-refractivity contribution in [2.45, 2.75) is 25.8 Å². The van der Waals surface area contributed by atoms with Crippen molar-refractivity contribution in [1.82, 2.24) is 4.90 Å². The standard InChI is InChI=1S/C14H18BrNO2/c1-10(11-3-4-11)16(2)14(17)9-18-13-7-5-12(15)6-8-13/h5-8,10-11H,3-4,9H2,1-2H3. The fourth-order valence-corrected chi connectivity index (χ4v) is 2.16. The number of hydrogen-bond acceptors (Lipinski definition) is 2. The molecule has 1 atom stereocenters. The number of nitrogens with zero attached hydrogens (tertiary/aromatic N) is 1. The first kappa shape index (κ1) is 13.4. The zero-order valence-corrected chi connectivity index (χ0v) is 12.3. The number of hydrogen-bond donors (Lipinski definition) is 0. The summed E-state index contributed by atoms with van der Waals surface area (Å²) in [5.41, 5.74) is 0. The van der Waals surface area contributed by atoms with E-state index in [0.29, 0.717) is 12.0 Å². The summed E-state index contributed by atoms with van der Waals surface area (Å²) in [7, 11) is 1.86. The molecule has 4 heteroatoms. The summed E-state index contributed by atoms with van der Waals surface area (Å²) in [4.78, 5) is 13.8. The molecule has 0 aromatic heterocycles. The van der Waals surface area contributed by atoms with E-state index < -0.39 is 0 Å². The summed E-state index contributed by atoms with van der Waals surface area (Å²) in [5.74, 6) is 1.45. The molecule has 1 unspecified atom stereocenters. The van der Waals surface area contributed by atoms with Crippen LogP contribution in [0.1, 0.15) is 19.8 Å². The topological polar surface area (TPSA) is 29.5 Å². The molecular weight excluding hydrogens is 294 g/mol. The largest absolute Gasteiger partial charge is 0.484 e. The molecule has 0 bridgehead atoms. The van der Waals surface area contributed by atoms with E-state index in [9.17, 15) is 4.79 Å². The lowest BCUT2D eigenvalue weighted by Crippen LogP contribution is -2.39. The molecule has 0 radical (unpaired) electrons. The lowest BCUT2D eigenvalue weighted by molar-refractivity contribution is -0.134. The fraction of sp³-hybridized carbons (Fsp3) is 0.500. The van der Waals surface area contributed by atoms with Gasteiger partial charge in [-0.3, -0.25) is 4.79 Å². The molecule has 0 heterocycles. The van der Waals surface area contributed by atoms with Crippen molar-refractivity contribution in [2.24, 2.45) is 5.92 Å². The molecule has 0 saturated heterocycles. The van der Waals surface area contributed by atoms with Gasteiger partial charge in [0.25, 0.3) is 5.91 Å². The lowest BCUT2D eigenvalue weighted by Gasteiger charge is -2.24. The molecule has 1 aliphatic rings. The van der Waals surface area contributed by atoms with Crippen molar-refractivity contribution >= 4 is 21.8 Å². The lowest BCUT2D eigenvalue weighted by atomic mass is 10.2.